The first-order valence-corrected chi connectivity index (χ1v) is 8.53. The van der Waals surface area contributed by atoms with E-state index < -0.39 is 5.60 Å². The lowest BCUT2D eigenvalue weighted by molar-refractivity contribution is 0.0320. The van der Waals surface area contributed by atoms with Crippen LogP contribution in [0.4, 0.5) is 0 Å². The van der Waals surface area contributed by atoms with Crippen LogP contribution in [0.5, 0.6) is 5.75 Å². The van der Waals surface area contributed by atoms with Crippen molar-refractivity contribution in [3.8, 4) is 18.1 Å². The monoisotopic (exact) mass is 305 g/mol. The van der Waals surface area contributed by atoms with Crippen molar-refractivity contribution >= 4 is 11.8 Å². The lowest BCUT2D eigenvalue weighted by Crippen LogP contribution is -2.43. The Hall–Kier alpha value is -1.15. The van der Waals surface area contributed by atoms with Gasteiger partial charge in [-0.05, 0) is 42.0 Å². The maximum atomic E-state index is 10.4. The molecule has 0 saturated carbocycles. The molecule has 3 nitrogen and oxygen atoms in total. The summed E-state index contributed by atoms with van der Waals surface area (Å²) >= 11 is 1.92. The van der Waals surface area contributed by atoms with Crippen LogP contribution >= 0.6 is 11.8 Å². The fourth-order valence-electron chi connectivity index (χ4n) is 2.30. The summed E-state index contributed by atoms with van der Waals surface area (Å²) in [7, 11) is 0. The Balaban J connectivity index is 1.72. The van der Waals surface area contributed by atoms with Gasteiger partial charge in [-0.15, -0.1) is 12.3 Å². The van der Waals surface area contributed by atoms with Gasteiger partial charge in [0.2, 0.25) is 0 Å². The molecule has 1 aliphatic heterocycles. The minimum atomic E-state index is -0.524. The fourth-order valence-corrected chi connectivity index (χ4v) is 3.55. The Morgan fingerprint density at radius 2 is 2.00 bits per heavy atom. The van der Waals surface area contributed by atoms with Crippen LogP contribution in [0.15, 0.2) is 24.3 Å². The van der Waals surface area contributed by atoms with Crippen LogP contribution in [0.1, 0.15) is 24.8 Å². The molecule has 114 valence electrons. The number of benzene rings is 1. The van der Waals surface area contributed by atoms with Crippen molar-refractivity contribution in [2.24, 2.45) is 0 Å². The predicted octanol–water partition coefficient (Wildman–Crippen LogP) is 2.44. The van der Waals surface area contributed by atoms with Crippen molar-refractivity contribution in [3.63, 3.8) is 0 Å². The summed E-state index contributed by atoms with van der Waals surface area (Å²) < 4.78 is 5.51. The fraction of sp³-hybridized carbons (Fsp3) is 0.529. The van der Waals surface area contributed by atoms with Gasteiger partial charge >= 0.3 is 0 Å². The van der Waals surface area contributed by atoms with Crippen molar-refractivity contribution in [2.75, 3.05) is 24.7 Å². The molecule has 0 radical (unpaired) electrons. The van der Waals surface area contributed by atoms with Crippen LogP contribution in [0, 0.1) is 12.3 Å². The quantitative estimate of drug-likeness (QED) is 0.600. The third-order valence-corrected chi connectivity index (χ3v) is 4.63. The summed E-state index contributed by atoms with van der Waals surface area (Å²) in [5.41, 5.74) is 0.664. The second kappa shape index (κ2) is 8.33. The van der Waals surface area contributed by atoms with E-state index in [1.54, 1.807) is 0 Å². The molecule has 0 atom stereocenters. The van der Waals surface area contributed by atoms with E-state index in [0.717, 1.165) is 36.6 Å². The highest BCUT2D eigenvalue weighted by atomic mass is 32.2. The van der Waals surface area contributed by atoms with Gasteiger partial charge in [0.1, 0.15) is 5.75 Å². The van der Waals surface area contributed by atoms with E-state index >= 15 is 0 Å². The number of aliphatic hydroxyl groups is 1. The molecule has 0 amide bonds. The molecule has 2 rings (SSSR count). The molecule has 1 fully saturated rings. The van der Waals surface area contributed by atoms with Crippen LogP contribution < -0.4 is 10.1 Å². The SMILES string of the molecule is C#CCCOc1ccc(CNCC2(O)CCSCC2)cc1. The Bertz CT molecular complexity index is 461. The summed E-state index contributed by atoms with van der Waals surface area (Å²) in [5, 5.41) is 13.8. The molecule has 4 heteroatoms. The topological polar surface area (TPSA) is 41.5 Å². The molecule has 1 heterocycles. The molecule has 1 aromatic carbocycles. The first-order chi connectivity index (χ1) is 10.2. The Kier molecular flexibility index (Phi) is 6.44. The zero-order valence-corrected chi connectivity index (χ0v) is 13.1. The maximum Gasteiger partial charge on any atom is 0.119 e. The summed E-state index contributed by atoms with van der Waals surface area (Å²) in [6, 6.07) is 8.00. The number of thioether (sulfide) groups is 1. The van der Waals surface area contributed by atoms with Gasteiger partial charge in [-0.2, -0.15) is 11.8 Å². The Labute approximate surface area is 131 Å². The lowest BCUT2D eigenvalue weighted by Gasteiger charge is -2.32. The van der Waals surface area contributed by atoms with E-state index in [4.69, 9.17) is 11.2 Å². The van der Waals surface area contributed by atoms with Gasteiger partial charge < -0.3 is 15.2 Å². The molecular formula is C17H23NO2S. The minimum Gasteiger partial charge on any atom is -0.493 e. The molecule has 1 saturated heterocycles. The predicted molar refractivity (Wildman–Crippen MR) is 88.6 cm³/mol. The number of ether oxygens (including phenoxy) is 1. The van der Waals surface area contributed by atoms with Crippen LogP contribution in [-0.4, -0.2) is 35.4 Å². The average Bonchev–Trinajstić information content (AvgIpc) is 2.50. The van der Waals surface area contributed by atoms with Crippen LogP contribution in [-0.2, 0) is 6.54 Å². The van der Waals surface area contributed by atoms with Crippen molar-refractivity contribution in [1.29, 1.82) is 0 Å². The normalized spacial score (nSPS) is 17.1. The summed E-state index contributed by atoms with van der Waals surface area (Å²) in [4.78, 5) is 0. The molecule has 0 spiro atoms. The summed E-state index contributed by atoms with van der Waals surface area (Å²) in [5.74, 6) is 5.51. The van der Waals surface area contributed by atoms with E-state index in [2.05, 4.69) is 11.2 Å². The zero-order valence-electron chi connectivity index (χ0n) is 12.3. The van der Waals surface area contributed by atoms with E-state index in [9.17, 15) is 5.11 Å². The van der Waals surface area contributed by atoms with Gasteiger partial charge in [-0.1, -0.05) is 12.1 Å². The van der Waals surface area contributed by atoms with Gasteiger partial charge in [0.15, 0.2) is 0 Å². The number of terminal acetylenes is 1. The number of hydrogen-bond acceptors (Lipinski definition) is 4. The van der Waals surface area contributed by atoms with Crippen LogP contribution in [0.25, 0.3) is 0 Å². The van der Waals surface area contributed by atoms with Crippen molar-refractivity contribution < 1.29 is 9.84 Å². The van der Waals surface area contributed by atoms with Crippen molar-refractivity contribution in [1.82, 2.24) is 5.32 Å². The second-order valence-electron chi connectivity index (χ2n) is 5.39. The van der Waals surface area contributed by atoms with E-state index in [0.29, 0.717) is 19.6 Å². The molecule has 0 unspecified atom stereocenters. The Morgan fingerprint density at radius 3 is 2.67 bits per heavy atom. The first kappa shape index (κ1) is 16.2. The van der Waals surface area contributed by atoms with Gasteiger partial charge in [-0.25, -0.2) is 0 Å². The smallest absolute Gasteiger partial charge is 0.119 e. The molecule has 2 N–H and O–H groups in total. The Morgan fingerprint density at radius 1 is 1.29 bits per heavy atom. The van der Waals surface area contributed by atoms with Crippen LogP contribution in [0.3, 0.4) is 0 Å². The highest BCUT2D eigenvalue weighted by molar-refractivity contribution is 7.99. The van der Waals surface area contributed by atoms with Gasteiger partial charge in [0.05, 0.1) is 12.2 Å². The molecular weight excluding hydrogens is 282 g/mol. The zero-order chi connectivity index (χ0) is 15.0. The van der Waals surface area contributed by atoms with Crippen molar-refractivity contribution in [3.05, 3.63) is 29.8 Å². The van der Waals surface area contributed by atoms with Gasteiger partial charge in [0, 0.05) is 19.5 Å². The molecule has 0 aromatic heterocycles. The number of rotatable bonds is 7. The summed E-state index contributed by atoms with van der Waals surface area (Å²) in [6.07, 6.45) is 7.57. The lowest BCUT2D eigenvalue weighted by atomic mass is 9.97. The second-order valence-corrected chi connectivity index (χ2v) is 6.61. The first-order valence-electron chi connectivity index (χ1n) is 7.38. The van der Waals surface area contributed by atoms with Gasteiger partial charge in [-0.3, -0.25) is 0 Å². The molecule has 1 aromatic rings. The van der Waals surface area contributed by atoms with E-state index in [1.807, 2.05) is 36.0 Å². The largest absolute Gasteiger partial charge is 0.493 e. The highest BCUT2D eigenvalue weighted by Crippen LogP contribution is 2.26. The standard InChI is InChI=1S/C17H23NO2S/c1-2-3-10-20-16-6-4-15(5-7-16)13-18-14-17(19)8-11-21-12-9-17/h1,4-7,18-19H,3,8-14H2. The third-order valence-electron chi connectivity index (χ3n) is 3.65. The van der Waals surface area contributed by atoms with E-state index in [1.165, 1.54) is 5.56 Å². The summed E-state index contributed by atoms with van der Waals surface area (Å²) in [6.45, 7) is 1.98. The highest BCUT2D eigenvalue weighted by Gasteiger charge is 2.28. The molecule has 1 aliphatic rings. The molecule has 21 heavy (non-hydrogen) atoms. The third kappa shape index (κ3) is 5.62. The average molecular weight is 305 g/mol. The van der Waals surface area contributed by atoms with E-state index in [-0.39, 0.29) is 0 Å². The van der Waals surface area contributed by atoms with Gasteiger partial charge in [0.25, 0.3) is 0 Å². The molecule has 0 bridgehead atoms. The number of nitrogens with one attached hydrogen (secondary N) is 1. The van der Waals surface area contributed by atoms with Crippen LogP contribution in [0.2, 0.25) is 0 Å². The minimum absolute atomic E-state index is 0.524. The molecule has 0 aliphatic carbocycles. The number of hydrogen-bond donors (Lipinski definition) is 2. The maximum absolute atomic E-state index is 10.4. The van der Waals surface area contributed by atoms with Crippen molar-refractivity contribution in [2.45, 2.75) is 31.4 Å².